The summed E-state index contributed by atoms with van der Waals surface area (Å²) in [6.45, 7) is 0.386. The summed E-state index contributed by atoms with van der Waals surface area (Å²) in [5.41, 5.74) is 7.04. The lowest BCUT2D eigenvalue weighted by Crippen LogP contribution is -2.20. The Labute approximate surface area is 118 Å². The highest BCUT2D eigenvalue weighted by atomic mass is 35.5. The second kappa shape index (κ2) is 4.68. The van der Waals surface area contributed by atoms with Crippen molar-refractivity contribution >= 4 is 38.8 Å². The first kappa shape index (κ1) is 12.2. The number of aromatic nitrogens is 2. The minimum absolute atomic E-state index is 0.0564. The Morgan fingerprint density at radius 2 is 2.21 bits per heavy atom. The summed E-state index contributed by atoms with van der Waals surface area (Å²) in [7, 11) is 0. The molecule has 1 aromatic carbocycles. The smallest absolute Gasteiger partial charge is 0.262 e. The second-order valence-corrected chi connectivity index (χ2v) is 5.47. The summed E-state index contributed by atoms with van der Waals surface area (Å²) in [6, 6.07) is 7.06. The van der Waals surface area contributed by atoms with Gasteiger partial charge >= 0.3 is 0 Å². The van der Waals surface area contributed by atoms with Gasteiger partial charge in [-0.3, -0.25) is 9.36 Å². The lowest BCUT2D eigenvalue weighted by atomic mass is 10.2. The van der Waals surface area contributed by atoms with Gasteiger partial charge in [-0.25, -0.2) is 4.98 Å². The van der Waals surface area contributed by atoms with Crippen molar-refractivity contribution in [3.8, 4) is 0 Å². The number of thiophene rings is 1. The zero-order valence-corrected chi connectivity index (χ0v) is 11.4. The molecule has 0 saturated heterocycles. The van der Waals surface area contributed by atoms with E-state index in [1.165, 1.54) is 11.3 Å². The molecule has 0 unspecified atom stereocenters. The van der Waals surface area contributed by atoms with E-state index in [1.807, 2.05) is 11.4 Å². The van der Waals surface area contributed by atoms with Crippen LogP contribution in [0.5, 0.6) is 0 Å². The summed E-state index contributed by atoms with van der Waals surface area (Å²) in [4.78, 5) is 17.2. The fourth-order valence-electron chi connectivity index (χ4n) is 1.88. The van der Waals surface area contributed by atoms with Crippen LogP contribution >= 0.6 is 22.9 Å². The van der Waals surface area contributed by atoms with Crippen LogP contribution in [0, 0.1) is 0 Å². The highest BCUT2D eigenvalue weighted by Crippen LogP contribution is 2.20. The first-order valence-electron chi connectivity index (χ1n) is 5.62. The molecule has 0 saturated carbocycles. The lowest BCUT2D eigenvalue weighted by molar-refractivity contribution is 0.749. The maximum Gasteiger partial charge on any atom is 0.262 e. The molecule has 19 heavy (non-hydrogen) atoms. The molecular formula is C13H10ClN3OS. The Morgan fingerprint density at radius 3 is 3.00 bits per heavy atom. The minimum Gasteiger partial charge on any atom is -0.399 e. The Balaban J connectivity index is 2.05. The van der Waals surface area contributed by atoms with Crippen molar-refractivity contribution in [2.24, 2.45) is 0 Å². The van der Waals surface area contributed by atoms with E-state index in [0.29, 0.717) is 22.6 Å². The Kier molecular flexibility index (Phi) is 3.00. The number of anilines is 1. The van der Waals surface area contributed by atoms with E-state index in [4.69, 9.17) is 17.3 Å². The topological polar surface area (TPSA) is 60.9 Å². The molecule has 0 radical (unpaired) electrons. The molecule has 96 valence electrons. The van der Waals surface area contributed by atoms with Crippen LogP contribution in [0.15, 0.2) is 40.8 Å². The SMILES string of the molecule is Nc1ccc(Cn2cnc3sccc3c2=O)c(Cl)c1. The molecule has 0 aliphatic heterocycles. The third-order valence-electron chi connectivity index (χ3n) is 2.87. The molecule has 3 aromatic rings. The van der Waals surface area contributed by atoms with E-state index in [-0.39, 0.29) is 5.56 Å². The highest BCUT2D eigenvalue weighted by molar-refractivity contribution is 7.16. The number of halogens is 1. The molecule has 6 heteroatoms. The van der Waals surface area contributed by atoms with Gasteiger partial charge in [0.15, 0.2) is 0 Å². The van der Waals surface area contributed by atoms with Crippen molar-refractivity contribution in [1.82, 2.24) is 9.55 Å². The molecule has 0 aliphatic carbocycles. The molecule has 2 N–H and O–H groups in total. The minimum atomic E-state index is -0.0564. The van der Waals surface area contributed by atoms with Crippen LogP contribution in [0.3, 0.4) is 0 Å². The third kappa shape index (κ3) is 2.22. The molecule has 0 amide bonds. The van der Waals surface area contributed by atoms with Gasteiger partial charge in [0.05, 0.1) is 18.3 Å². The molecule has 0 fully saturated rings. The van der Waals surface area contributed by atoms with Gasteiger partial charge in [-0.1, -0.05) is 17.7 Å². The average molecular weight is 292 g/mol. The molecular weight excluding hydrogens is 282 g/mol. The van der Waals surface area contributed by atoms with Crippen LogP contribution in [-0.2, 0) is 6.54 Å². The Bertz CT molecular complexity index is 809. The molecule has 4 nitrogen and oxygen atoms in total. The van der Waals surface area contributed by atoms with Gasteiger partial charge in [0.2, 0.25) is 0 Å². The van der Waals surface area contributed by atoms with Gasteiger partial charge < -0.3 is 5.73 Å². The van der Waals surface area contributed by atoms with Crippen LogP contribution in [0.1, 0.15) is 5.56 Å². The maximum absolute atomic E-state index is 12.2. The molecule has 0 bridgehead atoms. The van der Waals surface area contributed by atoms with E-state index in [9.17, 15) is 4.79 Å². The van der Waals surface area contributed by atoms with Crippen molar-refractivity contribution < 1.29 is 0 Å². The van der Waals surface area contributed by atoms with E-state index < -0.39 is 0 Å². The zero-order valence-electron chi connectivity index (χ0n) is 9.84. The third-order valence-corrected chi connectivity index (χ3v) is 4.04. The quantitative estimate of drug-likeness (QED) is 0.739. The number of hydrogen-bond acceptors (Lipinski definition) is 4. The summed E-state index contributed by atoms with van der Waals surface area (Å²) in [5, 5.41) is 3.05. The van der Waals surface area contributed by atoms with Crippen molar-refractivity contribution in [3.63, 3.8) is 0 Å². The van der Waals surface area contributed by atoms with Crippen LogP contribution in [-0.4, -0.2) is 9.55 Å². The van der Waals surface area contributed by atoms with E-state index in [2.05, 4.69) is 4.98 Å². The molecule has 0 spiro atoms. The van der Waals surface area contributed by atoms with Gasteiger partial charge in [0.1, 0.15) is 4.83 Å². The van der Waals surface area contributed by atoms with Crippen molar-refractivity contribution in [2.75, 3.05) is 5.73 Å². The maximum atomic E-state index is 12.2. The van der Waals surface area contributed by atoms with Crippen molar-refractivity contribution in [2.45, 2.75) is 6.54 Å². The lowest BCUT2D eigenvalue weighted by Gasteiger charge is -2.07. The van der Waals surface area contributed by atoms with E-state index in [1.54, 1.807) is 29.1 Å². The monoisotopic (exact) mass is 291 g/mol. The summed E-state index contributed by atoms with van der Waals surface area (Å²) in [5.74, 6) is 0. The number of benzene rings is 1. The zero-order chi connectivity index (χ0) is 13.4. The Hall–Kier alpha value is -1.85. The number of nitrogens with two attached hydrogens (primary N) is 1. The normalized spacial score (nSPS) is 11.0. The van der Waals surface area contributed by atoms with Crippen LogP contribution in [0.25, 0.3) is 10.2 Å². The first-order valence-corrected chi connectivity index (χ1v) is 6.87. The van der Waals surface area contributed by atoms with Crippen LogP contribution in [0.4, 0.5) is 5.69 Å². The fourth-order valence-corrected chi connectivity index (χ4v) is 2.85. The van der Waals surface area contributed by atoms with E-state index >= 15 is 0 Å². The number of rotatable bonds is 2. The summed E-state index contributed by atoms with van der Waals surface area (Å²) >= 11 is 7.57. The number of hydrogen-bond donors (Lipinski definition) is 1. The van der Waals surface area contributed by atoms with Gasteiger partial charge in [0.25, 0.3) is 5.56 Å². The molecule has 0 atom stereocenters. The molecule has 3 rings (SSSR count). The molecule has 2 heterocycles. The first-order chi connectivity index (χ1) is 9.15. The fraction of sp³-hybridized carbons (Fsp3) is 0.0769. The van der Waals surface area contributed by atoms with Crippen LogP contribution < -0.4 is 11.3 Å². The number of nitrogens with zero attached hydrogens (tertiary/aromatic N) is 2. The number of nitrogen functional groups attached to an aromatic ring is 1. The Morgan fingerprint density at radius 1 is 1.37 bits per heavy atom. The summed E-state index contributed by atoms with van der Waals surface area (Å²) < 4.78 is 1.55. The second-order valence-electron chi connectivity index (χ2n) is 4.17. The predicted molar refractivity (Wildman–Crippen MR) is 78.8 cm³/mol. The van der Waals surface area contributed by atoms with Crippen LogP contribution in [0.2, 0.25) is 5.02 Å². The van der Waals surface area contributed by atoms with Gasteiger partial charge in [0, 0.05) is 10.7 Å². The van der Waals surface area contributed by atoms with Crippen molar-refractivity contribution in [3.05, 3.63) is 56.9 Å². The predicted octanol–water partition coefficient (Wildman–Crippen LogP) is 2.74. The number of fused-ring (bicyclic) bond motifs is 1. The molecule has 2 aromatic heterocycles. The van der Waals surface area contributed by atoms with Gasteiger partial charge in [-0.05, 0) is 29.1 Å². The van der Waals surface area contributed by atoms with Gasteiger partial charge in [-0.15, -0.1) is 11.3 Å². The van der Waals surface area contributed by atoms with Gasteiger partial charge in [-0.2, -0.15) is 0 Å². The largest absolute Gasteiger partial charge is 0.399 e. The highest BCUT2D eigenvalue weighted by Gasteiger charge is 2.07. The van der Waals surface area contributed by atoms with Crippen molar-refractivity contribution in [1.29, 1.82) is 0 Å². The summed E-state index contributed by atoms with van der Waals surface area (Å²) in [6.07, 6.45) is 1.55. The standard InChI is InChI=1S/C13H10ClN3OS/c14-11-5-9(15)2-1-8(11)6-17-7-16-12-10(13(17)18)3-4-19-12/h1-5,7H,6,15H2. The van der Waals surface area contributed by atoms with E-state index in [0.717, 1.165) is 10.4 Å². The average Bonchev–Trinajstić information content (AvgIpc) is 2.85. The molecule has 0 aliphatic rings.